The lowest BCUT2D eigenvalue weighted by atomic mass is 10.3. The summed E-state index contributed by atoms with van der Waals surface area (Å²) >= 11 is 0. The van der Waals surface area contributed by atoms with Crippen LogP contribution in [0, 0.1) is 0 Å². The molecule has 0 aliphatic carbocycles. The molecule has 2 amide bonds. The van der Waals surface area contributed by atoms with Gasteiger partial charge >= 0.3 is 12.1 Å². The van der Waals surface area contributed by atoms with Crippen molar-refractivity contribution in [3.8, 4) is 0 Å². The number of rotatable bonds is 6. The van der Waals surface area contributed by atoms with Gasteiger partial charge in [-0.3, -0.25) is 9.59 Å². The predicted molar refractivity (Wildman–Crippen MR) is 117 cm³/mol. The Morgan fingerprint density at radius 2 is 0.909 bits per heavy atom. The van der Waals surface area contributed by atoms with Gasteiger partial charge in [-0.2, -0.15) is 33.6 Å². The molecule has 8 nitrogen and oxygen atoms in total. The van der Waals surface area contributed by atoms with Crippen molar-refractivity contribution in [1.29, 1.82) is 0 Å². The molecule has 0 saturated carbocycles. The largest absolute Gasteiger partial charge is 0.471 e. The average molecular weight is 454 g/mol. The number of alkyl halides is 3. The van der Waals surface area contributed by atoms with Crippen LogP contribution in [0.1, 0.15) is 6.92 Å². The average Bonchev–Trinajstić information content (AvgIpc) is 2.78. The minimum Gasteiger partial charge on any atom is -0.326 e. The molecular weight excluding hydrogens is 437 g/mol. The van der Waals surface area contributed by atoms with Gasteiger partial charge in [0.15, 0.2) is 0 Å². The minimum atomic E-state index is -4.96. The molecule has 0 aliphatic rings. The first-order chi connectivity index (χ1) is 15.7. The van der Waals surface area contributed by atoms with Gasteiger partial charge in [0, 0.05) is 18.3 Å². The van der Waals surface area contributed by atoms with Gasteiger partial charge in [-0.1, -0.05) is 0 Å². The quantitative estimate of drug-likeness (QED) is 0.392. The Kier molecular flexibility index (Phi) is 7.24. The van der Waals surface area contributed by atoms with E-state index in [1.54, 1.807) is 53.8 Å². The van der Waals surface area contributed by atoms with Gasteiger partial charge in [-0.25, -0.2) is 0 Å². The molecule has 0 heterocycles. The number of hydrogen-bond donors (Lipinski definition) is 2. The normalized spacial score (nSPS) is 11.6. The van der Waals surface area contributed by atoms with Crippen molar-refractivity contribution in [3.05, 3.63) is 72.8 Å². The molecule has 3 aromatic rings. The van der Waals surface area contributed by atoms with E-state index < -0.39 is 12.1 Å². The van der Waals surface area contributed by atoms with Crippen LogP contribution >= 0.6 is 0 Å². The van der Waals surface area contributed by atoms with Crippen LogP contribution < -0.4 is 10.6 Å². The van der Waals surface area contributed by atoms with Crippen molar-refractivity contribution in [2.24, 2.45) is 20.5 Å². The maximum absolute atomic E-state index is 12.3. The van der Waals surface area contributed by atoms with Crippen LogP contribution in [0.4, 0.5) is 47.3 Å². The number of benzene rings is 3. The molecule has 0 saturated heterocycles. The lowest BCUT2D eigenvalue weighted by Gasteiger charge is -2.07. The Labute approximate surface area is 186 Å². The van der Waals surface area contributed by atoms with Gasteiger partial charge in [0.25, 0.3) is 0 Å². The standard InChI is InChI=1S/C22H17F3N6O2/c1-14(32)26-15-2-6-17(7-3-15)28-30-19-10-12-20(13-11-19)31-29-18-8-4-16(5-9-18)27-21(33)22(23,24)25/h2-13H,1H3,(H,26,32)(H,27,33). The SMILES string of the molecule is CC(=O)Nc1ccc(N=Nc2ccc(N=Nc3ccc(NC(=O)C(F)(F)F)cc3)cc2)cc1. The number of nitrogens with one attached hydrogen (secondary N) is 2. The monoisotopic (exact) mass is 454 g/mol. The number of azo groups is 2. The summed E-state index contributed by atoms with van der Waals surface area (Å²) in [5.74, 6) is -2.20. The maximum Gasteiger partial charge on any atom is 0.471 e. The number of nitrogens with zero attached hydrogens (tertiary/aromatic N) is 4. The summed E-state index contributed by atoms with van der Waals surface area (Å²) in [7, 11) is 0. The molecular formula is C22H17F3N6O2. The van der Waals surface area contributed by atoms with Crippen LogP contribution in [-0.2, 0) is 9.59 Å². The minimum absolute atomic E-state index is 0.00394. The highest BCUT2D eigenvalue weighted by molar-refractivity contribution is 5.95. The summed E-state index contributed by atoms with van der Waals surface area (Å²) in [5, 5.41) is 20.7. The fraction of sp³-hybridized carbons (Fsp3) is 0.0909. The summed E-state index contributed by atoms with van der Waals surface area (Å²) in [4.78, 5) is 22.0. The van der Waals surface area contributed by atoms with Crippen molar-refractivity contribution in [2.45, 2.75) is 13.1 Å². The number of carbonyl (C=O) groups is 2. The number of carbonyl (C=O) groups excluding carboxylic acids is 2. The van der Waals surface area contributed by atoms with Gasteiger partial charge in [0.1, 0.15) is 0 Å². The molecule has 3 rings (SSSR count). The maximum atomic E-state index is 12.3. The molecule has 0 radical (unpaired) electrons. The first-order valence-corrected chi connectivity index (χ1v) is 9.48. The Morgan fingerprint density at radius 1 is 0.606 bits per heavy atom. The van der Waals surface area contributed by atoms with E-state index in [1.807, 2.05) is 0 Å². The third-order valence-corrected chi connectivity index (χ3v) is 3.98. The second-order valence-corrected chi connectivity index (χ2v) is 6.64. The van der Waals surface area contributed by atoms with Gasteiger partial charge in [0.2, 0.25) is 5.91 Å². The van der Waals surface area contributed by atoms with Crippen molar-refractivity contribution < 1.29 is 22.8 Å². The van der Waals surface area contributed by atoms with E-state index in [0.29, 0.717) is 28.4 Å². The predicted octanol–water partition coefficient (Wildman–Crippen LogP) is 6.98. The summed E-state index contributed by atoms with van der Waals surface area (Å²) in [6, 6.07) is 19.1. The molecule has 0 fully saturated rings. The molecule has 2 N–H and O–H groups in total. The molecule has 11 heteroatoms. The number of amides is 2. The highest BCUT2D eigenvalue weighted by atomic mass is 19.4. The van der Waals surface area contributed by atoms with Crippen LogP contribution in [-0.4, -0.2) is 18.0 Å². The Balaban J connectivity index is 1.57. The van der Waals surface area contributed by atoms with E-state index >= 15 is 0 Å². The van der Waals surface area contributed by atoms with Crippen LogP contribution in [0.15, 0.2) is 93.3 Å². The van der Waals surface area contributed by atoms with Crippen LogP contribution in [0.25, 0.3) is 0 Å². The summed E-state index contributed by atoms with van der Waals surface area (Å²) in [6.45, 7) is 1.43. The summed E-state index contributed by atoms with van der Waals surface area (Å²) in [5.41, 5.74) is 2.79. The third kappa shape index (κ3) is 7.35. The number of halogens is 3. The van der Waals surface area contributed by atoms with Crippen LogP contribution in [0.5, 0.6) is 0 Å². The van der Waals surface area contributed by atoms with Crippen molar-refractivity contribution in [3.63, 3.8) is 0 Å². The van der Waals surface area contributed by atoms with Crippen LogP contribution in [0.2, 0.25) is 0 Å². The zero-order valence-corrected chi connectivity index (χ0v) is 17.2. The fourth-order valence-electron chi connectivity index (χ4n) is 2.44. The highest BCUT2D eigenvalue weighted by Crippen LogP contribution is 2.25. The Hall–Kier alpha value is -4.41. The Morgan fingerprint density at radius 3 is 1.21 bits per heavy atom. The molecule has 0 spiro atoms. The second kappa shape index (κ2) is 10.3. The van der Waals surface area contributed by atoms with E-state index in [0.717, 1.165) is 0 Å². The molecule has 0 atom stereocenters. The first kappa shape index (κ1) is 23.3. The van der Waals surface area contributed by atoms with Crippen molar-refractivity contribution >= 4 is 45.9 Å². The molecule has 0 aliphatic heterocycles. The molecule has 0 unspecified atom stereocenters. The smallest absolute Gasteiger partial charge is 0.326 e. The van der Waals surface area contributed by atoms with E-state index in [4.69, 9.17) is 0 Å². The Bertz CT molecular complexity index is 1170. The highest BCUT2D eigenvalue weighted by Gasteiger charge is 2.38. The van der Waals surface area contributed by atoms with E-state index in [-0.39, 0.29) is 11.6 Å². The van der Waals surface area contributed by atoms with Gasteiger partial charge < -0.3 is 10.6 Å². The van der Waals surface area contributed by atoms with E-state index in [1.165, 1.54) is 31.2 Å². The van der Waals surface area contributed by atoms with Crippen molar-refractivity contribution in [2.75, 3.05) is 10.6 Å². The first-order valence-electron chi connectivity index (χ1n) is 9.48. The van der Waals surface area contributed by atoms with Gasteiger partial charge in [-0.05, 0) is 72.8 Å². The lowest BCUT2D eigenvalue weighted by Crippen LogP contribution is -2.29. The van der Waals surface area contributed by atoms with Crippen molar-refractivity contribution in [1.82, 2.24) is 0 Å². The zero-order valence-electron chi connectivity index (χ0n) is 17.2. The van der Waals surface area contributed by atoms with E-state index in [9.17, 15) is 22.8 Å². The molecule has 0 bridgehead atoms. The summed E-state index contributed by atoms with van der Waals surface area (Å²) < 4.78 is 36.8. The van der Waals surface area contributed by atoms with Gasteiger partial charge in [-0.15, -0.1) is 0 Å². The van der Waals surface area contributed by atoms with Gasteiger partial charge in [0.05, 0.1) is 22.7 Å². The molecule has 33 heavy (non-hydrogen) atoms. The molecule has 168 valence electrons. The number of anilines is 2. The lowest BCUT2D eigenvalue weighted by molar-refractivity contribution is -0.167. The molecule has 3 aromatic carbocycles. The van der Waals surface area contributed by atoms with E-state index in [2.05, 4.69) is 25.8 Å². The zero-order chi connectivity index (χ0) is 23.8. The third-order valence-electron chi connectivity index (χ3n) is 3.98. The number of hydrogen-bond acceptors (Lipinski definition) is 6. The topological polar surface area (TPSA) is 108 Å². The summed E-state index contributed by atoms with van der Waals surface area (Å²) in [6.07, 6.45) is -4.96. The van der Waals surface area contributed by atoms with Crippen LogP contribution in [0.3, 0.4) is 0 Å². The molecule has 0 aromatic heterocycles. The fourth-order valence-corrected chi connectivity index (χ4v) is 2.44. The second-order valence-electron chi connectivity index (χ2n) is 6.64.